The molecule has 0 radical (unpaired) electrons. The van der Waals surface area contributed by atoms with Gasteiger partial charge in [0, 0.05) is 0 Å². The number of nitrogens with two attached hydrogens (primary N) is 1. The maximum Gasteiger partial charge on any atom is 0.263 e. The first-order valence-electron chi connectivity index (χ1n) is 5.81. The summed E-state index contributed by atoms with van der Waals surface area (Å²) in [4.78, 5) is 16.8. The van der Waals surface area contributed by atoms with Crippen LogP contribution in [0.1, 0.15) is 32.3 Å². The highest BCUT2D eigenvalue weighted by Crippen LogP contribution is 2.08. The highest BCUT2D eigenvalue weighted by Gasteiger charge is 2.27. The number of benzene rings is 1. The van der Waals surface area contributed by atoms with Gasteiger partial charge in [0.2, 0.25) is 0 Å². The van der Waals surface area contributed by atoms with Gasteiger partial charge in [0.25, 0.3) is 5.91 Å². The molecular weight excluding hydrogens is 216 g/mol. The van der Waals surface area contributed by atoms with E-state index in [1.807, 2.05) is 37.3 Å². The number of hydroxylamine groups is 1. The number of carbonyl (C=O) groups is 1. The molecule has 1 unspecified atom stereocenters. The van der Waals surface area contributed by atoms with Crippen LogP contribution in [0.5, 0.6) is 0 Å². The molecule has 0 fully saturated rings. The number of nitrogens with one attached hydrogen (secondary N) is 1. The van der Waals surface area contributed by atoms with Gasteiger partial charge in [-0.25, -0.2) is 5.48 Å². The zero-order valence-corrected chi connectivity index (χ0v) is 10.4. The van der Waals surface area contributed by atoms with Crippen molar-refractivity contribution in [2.45, 2.75) is 38.8 Å². The van der Waals surface area contributed by atoms with Crippen molar-refractivity contribution in [1.82, 2.24) is 5.48 Å². The summed E-state index contributed by atoms with van der Waals surface area (Å²) >= 11 is 0. The Kier molecular flexibility index (Phi) is 5.12. The zero-order valence-electron chi connectivity index (χ0n) is 10.4. The third-order valence-electron chi connectivity index (χ3n) is 2.53. The van der Waals surface area contributed by atoms with Crippen LogP contribution in [0.4, 0.5) is 0 Å². The van der Waals surface area contributed by atoms with Crippen LogP contribution >= 0.6 is 0 Å². The van der Waals surface area contributed by atoms with Crippen LogP contribution in [-0.4, -0.2) is 11.4 Å². The Morgan fingerprint density at radius 2 is 2.06 bits per heavy atom. The first-order chi connectivity index (χ1) is 8.06. The van der Waals surface area contributed by atoms with E-state index in [0.717, 1.165) is 12.0 Å². The fourth-order valence-electron chi connectivity index (χ4n) is 1.51. The smallest absolute Gasteiger partial charge is 0.263 e. The first kappa shape index (κ1) is 13.7. The van der Waals surface area contributed by atoms with Crippen LogP contribution in [0.15, 0.2) is 30.3 Å². The number of hydrogen-bond acceptors (Lipinski definition) is 3. The van der Waals surface area contributed by atoms with E-state index in [1.54, 1.807) is 6.92 Å². The molecule has 0 saturated carbocycles. The minimum atomic E-state index is -0.870. The van der Waals surface area contributed by atoms with Crippen molar-refractivity contribution in [2.75, 3.05) is 0 Å². The van der Waals surface area contributed by atoms with E-state index in [0.29, 0.717) is 13.0 Å². The summed E-state index contributed by atoms with van der Waals surface area (Å²) < 4.78 is 0. The molecule has 0 aromatic heterocycles. The molecule has 94 valence electrons. The molecule has 0 aliphatic rings. The van der Waals surface area contributed by atoms with Crippen LogP contribution in [-0.2, 0) is 16.2 Å². The van der Waals surface area contributed by atoms with Crippen molar-refractivity contribution >= 4 is 5.91 Å². The van der Waals surface area contributed by atoms with E-state index < -0.39 is 5.54 Å². The molecule has 3 N–H and O–H groups in total. The monoisotopic (exact) mass is 236 g/mol. The predicted molar refractivity (Wildman–Crippen MR) is 66.9 cm³/mol. The average molecular weight is 236 g/mol. The summed E-state index contributed by atoms with van der Waals surface area (Å²) in [6.07, 6.45) is 1.49. The van der Waals surface area contributed by atoms with Crippen molar-refractivity contribution < 1.29 is 9.63 Å². The molecule has 0 aliphatic heterocycles. The van der Waals surface area contributed by atoms with Crippen LogP contribution in [0.3, 0.4) is 0 Å². The van der Waals surface area contributed by atoms with E-state index >= 15 is 0 Å². The lowest BCUT2D eigenvalue weighted by molar-refractivity contribution is -0.139. The van der Waals surface area contributed by atoms with Gasteiger partial charge in [0.05, 0.1) is 12.1 Å². The van der Waals surface area contributed by atoms with Crippen molar-refractivity contribution in [1.29, 1.82) is 0 Å². The lowest BCUT2D eigenvalue weighted by atomic mass is 9.97. The fraction of sp³-hybridized carbons (Fsp3) is 0.462. The molecule has 17 heavy (non-hydrogen) atoms. The fourth-order valence-corrected chi connectivity index (χ4v) is 1.51. The summed E-state index contributed by atoms with van der Waals surface area (Å²) in [6, 6.07) is 9.63. The molecule has 1 atom stereocenters. The Labute approximate surface area is 102 Å². The molecule has 0 heterocycles. The SMILES string of the molecule is CCCC(C)(N)C(=O)NOCc1ccccc1. The highest BCUT2D eigenvalue weighted by molar-refractivity contribution is 5.84. The first-order valence-corrected chi connectivity index (χ1v) is 5.81. The lowest BCUT2D eigenvalue weighted by Gasteiger charge is -2.22. The number of hydrogen-bond donors (Lipinski definition) is 2. The molecular formula is C13H20N2O2. The van der Waals surface area contributed by atoms with Crippen LogP contribution < -0.4 is 11.2 Å². The third-order valence-corrected chi connectivity index (χ3v) is 2.53. The van der Waals surface area contributed by atoms with E-state index in [9.17, 15) is 4.79 Å². The van der Waals surface area contributed by atoms with Gasteiger partial charge in [0.1, 0.15) is 0 Å². The minimum absolute atomic E-state index is 0.282. The Morgan fingerprint density at radius 1 is 1.41 bits per heavy atom. The summed E-state index contributed by atoms with van der Waals surface area (Å²) in [6.45, 7) is 4.04. The molecule has 1 aromatic carbocycles. The molecule has 0 bridgehead atoms. The number of amides is 1. The minimum Gasteiger partial charge on any atom is -0.318 e. The Hall–Kier alpha value is -1.39. The number of rotatable bonds is 6. The molecule has 0 saturated heterocycles. The van der Waals surface area contributed by atoms with Gasteiger partial charge >= 0.3 is 0 Å². The third kappa shape index (κ3) is 4.54. The van der Waals surface area contributed by atoms with E-state index in [-0.39, 0.29) is 5.91 Å². The molecule has 0 spiro atoms. The van der Waals surface area contributed by atoms with Crippen molar-refractivity contribution in [3.05, 3.63) is 35.9 Å². The Balaban J connectivity index is 2.34. The maximum absolute atomic E-state index is 11.7. The Bertz CT molecular complexity index is 350. The topological polar surface area (TPSA) is 64.4 Å². The van der Waals surface area contributed by atoms with E-state index in [2.05, 4.69) is 5.48 Å². The van der Waals surface area contributed by atoms with E-state index in [1.165, 1.54) is 0 Å². The second-order valence-corrected chi connectivity index (χ2v) is 4.37. The lowest BCUT2D eigenvalue weighted by Crippen LogP contribution is -2.51. The molecule has 1 rings (SSSR count). The normalized spacial score (nSPS) is 14.1. The molecule has 1 aromatic rings. The van der Waals surface area contributed by atoms with Crippen molar-refractivity contribution in [3.63, 3.8) is 0 Å². The summed E-state index contributed by atoms with van der Waals surface area (Å²) in [5.41, 5.74) is 8.38. The standard InChI is InChI=1S/C13H20N2O2/c1-3-9-13(2,14)12(16)15-17-10-11-7-5-4-6-8-11/h4-8H,3,9-10,14H2,1-2H3,(H,15,16). The van der Waals surface area contributed by atoms with Gasteiger partial charge in [-0.15, -0.1) is 0 Å². The van der Waals surface area contributed by atoms with Crippen LogP contribution in [0.2, 0.25) is 0 Å². The van der Waals surface area contributed by atoms with Gasteiger partial charge in [0.15, 0.2) is 0 Å². The molecule has 1 amide bonds. The van der Waals surface area contributed by atoms with Gasteiger partial charge in [-0.05, 0) is 18.9 Å². The van der Waals surface area contributed by atoms with Gasteiger partial charge in [-0.2, -0.15) is 0 Å². The zero-order chi connectivity index (χ0) is 12.7. The number of carbonyl (C=O) groups excluding carboxylic acids is 1. The van der Waals surface area contributed by atoms with Gasteiger partial charge < -0.3 is 5.73 Å². The van der Waals surface area contributed by atoms with Gasteiger partial charge in [-0.3, -0.25) is 9.63 Å². The van der Waals surface area contributed by atoms with Crippen LogP contribution in [0, 0.1) is 0 Å². The summed E-state index contributed by atoms with van der Waals surface area (Å²) in [7, 11) is 0. The van der Waals surface area contributed by atoms with Crippen molar-refractivity contribution in [2.24, 2.45) is 5.73 Å². The van der Waals surface area contributed by atoms with Crippen LogP contribution in [0.25, 0.3) is 0 Å². The maximum atomic E-state index is 11.7. The second-order valence-electron chi connectivity index (χ2n) is 4.37. The quantitative estimate of drug-likeness (QED) is 0.740. The molecule has 0 aliphatic carbocycles. The van der Waals surface area contributed by atoms with E-state index in [4.69, 9.17) is 10.6 Å². The average Bonchev–Trinajstić information content (AvgIpc) is 2.30. The summed E-state index contributed by atoms with van der Waals surface area (Å²) in [5, 5.41) is 0. The summed E-state index contributed by atoms with van der Waals surface area (Å²) in [5.74, 6) is -0.282. The van der Waals surface area contributed by atoms with Gasteiger partial charge in [-0.1, -0.05) is 43.7 Å². The largest absolute Gasteiger partial charge is 0.318 e. The highest BCUT2D eigenvalue weighted by atomic mass is 16.6. The van der Waals surface area contributed by atoms with Crippen molar-refractivity contribution in [3.8, 4) is 0 Å². The molecule has 4 nitrogen and oxygen atoms in total. The molecule has 4 heteroatoms. The Morgan fingerprint density at radius 3 is 2.65 bits per heavy atom. The predicted octanol–water partition coefficient (Wildman–Crippen LogP) is 1.75. The second kappa shape index (κ2) is 6.37.